The van der Waals surface area contributed by atoms with E-state index in [1.165, 1.54) is 6.42 Å². The number of hydrogen-bond donors (Lipinski definition) is 0. The first-order valence-electron chi connectivity index (χ1n) is 8.91. The summed E-state index contributed by atoms with van der Waals surface area (Å²) >= 11 is 0. The molecule has 1 aliphatic carbocycles. The lowest BCUT2D eigenvalue weighted by molar-refractivity contribution is -0.110. The fraction of sp³-hybridized carbons (Fsp3) is 0.667. The SMILES string of the molecule is COc1ccc([C@@H]2[C@@H](S(=O)(=O)N(C)C3CCCCC3)CON2C)cc1. The molecule has 1 saturated heterocycles. The Balaban J connectivity index is 1.85. The Kier molecular flexibility index (Phi) is 5.68. The molecular formula is C18H28N2O4S. The highest BCUT2D eigenvalue weighted by Crippen LogP contribution is 2.36. The van der Waals surface area contributed by atoms with Gasteiger partial charge in [-0.05, 0) is 30.5 Å². The van der Waals surface area contributed by atoms with Crippen molar-refractivity contribution < 1.29 is 18.0 Å². The van der Waals surface area contributed by atoms with Crippen LogP contribution in [0.3, 0.4) is 0 Å². The van der Waals surface area contributed by atoms with E-state index in [4.69, 9.17) is 9.57 Å². The third-order valence-corrected chi connectivity index (χ3v) is 7.78. The lowest BCUT2D eigenvalue weighted by atomic mass is 9.96. The van der Waals surface area contributed by atoms with E-state index in [1.54, 1.807) is 30.6 Å². The monoisotopic (exact) mass is 368 g/mol. The molecule has 0 aromatic heterocycles. The number of nitrogens with zero attached hydrogens (tertiary/aromatic N) is 2. The summed E-state index contributed by atoms with van der Waals surface area (Å²) < 4.78 is 33.4. The summed E-state index contributed by atoms with van der Waals surface area (Å²) in [4.78, 5) is 5.61. The van der Waals surface area contributed by atoms with Crippen molar-refractivity contribution in [3.05, 3.63) is 29.8 Å². The third-order valence-electron chi connectivity index (χ3n) is 5.52. The van der Waals surface area contributed by atoms with Crippen molar-refractivity contribution in [3.63, 3.8) is 0 Å². The molecule has 2 aliphatic rings. The molecule has 1 saturated carbocycles. The van der Waals surface area contributed by atoms with Gasteiger partial charge in [-0.25, -0.2) is 12.7 Å². The molecule has 7 heteroatoms. The van der Waals surface area contributed by atoms with Gasteiger partial charge in [0.25, 0.3) is 0 Å². The zero-order chi connectivity index (χ0) is 18.0. The molecule has 1 aromatic carbocycles. The van der Waals surface area contributed by atoms with Crippen LogP contribution in [0.25, 0.3) is 0 Å². The molecule has 3 rings (SSSR count). The van der Waals surface area contributed by atoms with Gasteiger partial charge in [0.05, 0.1) is 19.8 Å². The predicted molar refractivity (Wildman–Crippen MR) is 96.8 cm³/mol. The van der Waals surface area contributed by atoms with Gasteiger partial charge in [-0.3, -0.25) is 4.84 Å². The van der Waals surface area contributed by atoms with Gasteiger partial charge < -0.3 is 4.74 Å². The van der Waals surface area contributed by atoms with E-state index in [0.717, 1.165) is 37.0 Å². The topological polar surface area (TPSA) is 59.1 Å². The Bertz CT molecular complexity index is 671. The molecule has 2 atom stereocenters. The van der Waals surface area contributed by atoms with Crippen LogP contribution < -0.4 is 4.74 Å². The maximum Gasteiger partial charge on any atom is 0.221 e. The number of hydroxylamine groups is 2. The Morgan fingerprint density at radius 2 is 1.80 bits per heavy atom. The summed E-state index contributed by atoms with van der Waals surface area (Å²) in [6.07, 6.45) is 5.31. The van der Waals surface area contributed by atoms with E-state index in [2.05, 4.69) is 0 Å². The second kappa shape index (κ2) is 7.61. The maximum absolute atomic E-state index is 13.3. The van der Waals surface area contributed by atoms with Gasteiger partial charge in [0.2, 0.25) is 10.0 Å². The van der Waals surface area contributed by atoms with E-state index < -0.39 is 15.3 Å². The van der Waals surface area contributed by atoms with Crippen molar-refractivity contribution in [2.75, 3.05) is 27.8 Å². The molecule has 0 amide bonds. The van der Waals surface area contributed by atoms with Crippen LogP contribution in [0.4, 0.5) is 0 Å². The predicted octanol–water partition coefficient (Wildman–Crippen LogP) is 2.58. The molecule has 0 radical (unpaired) electrons. The standard InChI is InChI=1S/C18H28N2O4S/c1-19-18(14-9-11-16(23-3)12-10-14)17(13-24-19)25(21,22)20(2)15-7-5-4-6-8-15/h9-12,15,17-18H,4-8,13H2,1-3H3/t17-,18+/m0/s1. The Hall–Kier alpha value is -1.15. The fourth-order valence-electron chi connectivity index (χ4n) is 3.94. The maximum atomic E-state index is 13.3. The largest absolute Gasteiger partial charge is 0.497 e. The highest BCUT2D eigenvalue weighted by molar-refractivity contribution is 7.89. The van der Waals surface area contributed by atoms with Gasteiger partial charge in [0, 0.05) is 20.1 Å². The molecule has 2 fully saturated rings. The van der Waals surface area contributed by atoms with Crippen molar-refractivity contribution in [3.8, 4) is 5.75 Å². The molecule has 0 bridgehead atoms. The molecule has 1 aromatic rings. The van der Waals surface area contributed by atoms with Gasteiger partial charge in [0.1, 0.15) is 11.0 Å². The lowest BCUT2D eigenvalue weighted by Gasteiger charge is -2.33. The molecular weight excluding hydrogens is 340 g/mol. The molecule has 6 nitrogen and oxygen atoms in total. The number of ether oxygens (including phenoxy) is 1. The van der Waals surface area contributed by atoms with Gasteiger partial charge in [-0.2, -0.15) is 5.06 Å². The van der Waals surface area contributed by atoms with Crippen LogP contribution in [0.2, 0.25) is 0 Å². The smallest absolute Gasteiger partial charge is 0.221 e. The van der Waals surface area contributed by atoms with Crippen LogP contribution >= 0.6 is 0 Å². The molecule has 0 N–H and O–H groups in total. The van der Waals surface area contributed by atoms with E-state index in [-0.39, 0.29) is 18.7 Å². The van der Waals surface area contributed by atoms with Crippen molar-refractivity contribution in [2.24, 2.45) is 0 Å². The average molecular weight is 368 g/mol. The fourth-order valence-corrected chi connectivity index (χ4v) is 5.88. The number of rotatable bonds is 5. The van der Waals surface area contributed by atoms with Gasteiger partial charge >= 0.3 is 0 Å². The second-order valence-corrected chi connectivity index (χ2v) is 9.16. The van der Waals surface area contributed by atoms with Gasteiger partial charge in [-0.15, -0.1) is 0 Å². The lowest BCUT2D eigenvalue weighted by Crippen LogP contribution is -2.45. The van der Waals surface area contributed by atoms with Crippen LogP contribution in [0.5, 0.6) is 5.75 Å². The van der Waals surface area contributed by atoms with Crippen molar-refractivity contribution in [2.45, 2.75) is 49.4 Å². The molecule has 140 valence electrons. The van der Waals surface area contributed by atoms with Crippen molar-refractivity contribution >= 4 is 10.0 Å². The number of hydrogen-bond acceptors (Lipinski definition) is 5. The quantitative estimate of drug-likeness (QED) is 0.799. The Morgan fingerprint density at radius 1 is 1.16 bits per heavy atom. The second-order valence-electron chi connectivity index (χ2n) is 6.95. The Morgan fingerprint density at radius 3 is 2.40 bits per heavy atom. The van der Waals surface area contributed by atoms with Crippen molar-refractivity contribution in [1.29, 1.82) is 0 Å². The molecule has 1 heterocycles. The van der Waals surface area contributed by atoms with E-state index in [0.29, 0.717) is 0 Å². The zero-order valence-corrected chi connectivity index (χ0v) is 16.0. The highest BCUT2D eigenvalue weighted by atomic mass is 32.2. The summed E-state index contributed by atoms with van der Waals surface area (Å²) in [6, 6.07) is 7.34. The number of sulfonamides is 1. The molecule has 1 aliphatic heterocycles. The average Bonchev–Trinajstić information content (AvgIpc) is 3.04. The highest BCUT2D eigenvalue weighted by Gasteiger charge is 2.46. The molecule has 0 spiro atoms. The van der Waals surface area contributed by atoms with Gasteiger partial charge in [0.15, 0.2) is 0 Å². The summed E-state index contributed by atoms with van der Waals surface area (Å²) in [5, 5.41) is 1.07. The summed E-state index contributed by atoms with van der Waals surface area (Å²) in [7, 11) is 1.70. The Labute approximate surface area is 150 Å². The number of methoxy groups -OCH3 is 1. The minimum atomic E-state index is -3.45. The van der Waals surface area contributed by atoms with Crippen molar-refractivity contribution in [1.82, 2.24) is 9.37 Å². The van der Waals surface area contributed by atoms with E-state index >= 15 is 0 Å². The minimum Gasteiger partial charge on any atom is -0.497 e. The summed E-state index contributed by atoms with van der Waals surface area (Å²) in [6.45, 7) is 0.187. The minimum absolute atomic E-state index is 0.112. The molecule has 0 unspecified atom stereocenters. The van der Waals surface area contributed by atoms with Crippen LogP contribution in [-0.2, 0) is 14.9 Å². The van der Waals surface area contributed by atoms with Crippen LogP contribution in [0, 0.1) is 0 Å². The van der Waals surface area contributed by atoms with Gasteiger partial charge in [-0.1, -0.05) is 31.4 Å². The van der Waals surface area contributed by atoms with E-state index in [1.807, 2.05) is 24.3 Å². The first kappa shape index (κ1) is 18.6. The van der Waals surface area contributed by atoms with E-state index in [9.17, 15) is 8.42 Å². The normalized spacial score (nSPS) is 26.2. The van der Waals surface area contributed by atoms with Crippen LogP contribution in [0.1, 0.15) is 43.7 Å². The zero-order valence-electron chi connectivity index (χ0n) is 15.2. The van der Waals surface area contributed by atoms with Crippen LogP contribution in [-0.4, -0.2) is 56.9 Å². The molecule has 25 heavy (non-hydrogen) atoms. The third kappa shape index (κ3) is 3.69. The van der Waals surface area contributed by atoms with Crippen LogP contribution in [0.15, 0.2) is 24.3 Å². The first-order chi connectivity index (χ1) is 11.9. The first-order valence-corrected chi connectivity index (χ1v) is 10.4. The summed E-state index contributed by atoms with van der Waals surface area (Å²) in [5.41, 5.74) is 0.923. The summed E-state index contributed by atoms with van der Waals surface area (Å²) in [5.74, 6) is 0.754. The number of benzene rings is 1.